The van der Waals surface area contributed by atoms with E-state index >= 15 is 0 Å². The highest BCUT2D eigenvalue weighted by Gasteiger charge is 2.30. The molecule has 2 aliphatic heterocycles. The van der Waals surface area contributed by atoms with E-state index in [2.05, 4.69) is 20.6 Å². The number of amides is 1. The molecule has 10 heteroatoms. The van der Waals surface area contributed by atoms with E-state index in [0.717, 1.165) is 30.6 Å². The number of ether oxygens (including phenoxy) is 2. The molecule has 2 aliphatic rings. The maximum Gasteiger partial charge on any atom is 0.266 e. The molecule has 0 saturated carbocycles. The molecule has 0 aliphatic carbocycles. The zero-order valence-electron chi connectivity index (χ0n) is 19.1. The Morgan fingerprint density at radius 2 is 2.09 bits per heavy atom. The zero-order chi connectivity index (χ0) is 24.0. The number of nitrogens with zero attached hydrogens (tertiary/aromatic N) is 3. The standard InChI is InChI=1S/C24H27FN4O4S/c1-15(2)34(3,31)27-24(30)18-14-26-29-8-6-17(13-21(18)29)28-7-4-5-20(28)16-11-19(25)23-22(12-16)32-9-10-33-23/h6,8,11-15,20H,3-5,7,9-10H2,1-2H3,(H,27,30,31). The van der Waals surface area contributed by atoms with Crippen molar-refractivity contribution < 1.29 is 22.9 Å². The van der Waals surface area contributed by atoms with Crippen molar-refractivity contribution in [2.24, 2.45) is 0 Å². The maximum absolute atomic E-state index is 14.7. The lowest BCUT2D eigenvalue weighted by molar-refractivity contribution is 0.0984. The van der Waals surface area contributed by atoms with E-state index in [4.69, 9.17) is 9.47 Å². The van der Waals surface area contributed by atoms with Gasteiger partial charge in [0.2, 0.25) is 0 Å². The van der Waals surface area contributed by atoms with Crippen molar-refractivity contribution in [1.82, 2.24) is 14.3 Å². The lowest BCUT2D eigenvalue weighted by Gasteiger charge is -2.28. The second-order valence-electron chi connectivity index (χ2n) is 8.86. The van der Waals surface area contributed by atoms with E-state index in [9.17, 15) is 13.4 Å². The summed E-state index contributed by atoms with van der Waals surface area (Å²) in [7, 11) is -2.78. The van der Waals surface area contributed by atoms with Gasteiger partial charge in [-0.15, -0.1) is 0 Å². The van der Waals surface area contributed by atoms with Gasteiger partial charge in [-0.2, -0.15) is 5.10 Å². The van der Waals surface area contributed by atoms with Crippen LogP contribution >= 0.6 is 0 Å². The van der Waals surface area contributed by atoms with Gasteiger partial charge in [0.25, 0.3) is 5.91 Å². The third-order valence-electron chi connectivity index (χ3n) is 6.37. The number of anilines is 1. The monoisotopic (exact) mass is 486 g/mol. The minimum Gasteiger partial charge on any atom is -0.486 e. The molecule has 1 fully saturated rings. The van der Waals surface area contributed by atoms with Crippen LogP contribution in [0.1, 0.15) is 48.7 Å². The molecule has 1 aromatic carbocycles. The van der Waals surface area contributed by atoms with Gasteiger partial charge in [0.15, 0.2) is 17.3 Å². The highest BCUT2D eigenvalue weighted by Crippen LogP contribution is 2.41. The number of aromatic nitrogens is 2. The normalized spacial score (nSPS) is 19.4. The molecule has 4 heterocycles. The van der Waals surface area contributed by atoms with E-state index in [0.29, 0.717) is 30.0 Å². The first-order valence-corrected chi connectivity index (χ1v) is 13.0. The summed E-state index contributed by atoms with van der Waals surface area (Å²) in [5.41, 5.74) is 2.62. The van der Waals surface area contributed by atoms with Crippen LogP contribution in [0.3, 0.4) is 0 Å². The molecule has 2 aromatic heterocycles. The summed E-state index contributed by atoms with van der Waals surface area (Å²) < 4.78 is 42.5. The first kappa shape index (κ1) is 22.5. The summed E-state index contributed by atoms with van der Waals surface area (Å²) in [5, 5.41) is 3.96. The van der Waals surface area contributed by atoms with Crippen molar-refractivity contribution in [3.63, 3.8) is 0 Å². The Morgan fingerprint density at radius 3 is 2.88 bits per heavy atom. The van der Waals surface area contributed by atoms with Crippen LogP contribution in [0.5, 0.6) is 11.5 Å². The van der Waals surface area contributed by atoms with Crippen LogP contribution in [-0.4, -0.2) is 50.6 Å². The fraction of sp³-hybridized carbons (Fsp3) is 0.375. The number of halogens is 1. The predicted octanol–water partition coefficient (Wildman–Crippen LogP) is 3.36. The molecule has 1 saturated heterocycles. The van der Waals surface area contributed by atoms with E-state index in [1.54, 1.807) is 24.6 Å². The fourth-order valence-electron chi connectivity index (χ4n) is 4.40. The number of rotatable bonds is 5. The Bertz CT molecular complexity index is 1370. The minimum absolute atomic E-state index is 0.0486. The molecule has 2 unspecified atom stereocenters. The molecule has 2 atom stereocenters. The first-order chi connectivity index (χ1) is 16.2. The smallest absolute Gasteiger partial charge is 0.266 e. The van der Waals surface area contributed by atoms with E-state index in [1.165, 1.54) is 12.3 Å². The van der Waals surface area contributed by atoms with E-state index < -0.39 is 21.4 Å². The lowest BCUT2D eigenvalue weighted by Crippen LogP contribution is -2.35. The molecular formula is C24H27FN4O4S. The number of benzene rings is 1. The molecule has 5 rings (SSSR count). The number of nitrogens with one attached hydrogen (secondary N) is 1. The Hall–Kier alpha value is -3.27. The van der Waals surface area contributed by atoms with Crippen molar-refractivity contribution in [1.29, 1.82) is 0 Å². The van der Waals surface area contributed by atoms with Crippen molar-refractivity contribution in [3.05, 3.63) is 53.6 Å². The van der Waals surface area contributed by atoms with Crippen LogP contribution in [0.4, 0.5) is 10.1 Å². The van der Waals surface area contributed by atoms with Crippen LogP contribution in [0.25, 0.3) is 5.52 Å². The van der Waals surface area contributed by atoms with Crippen LogP contribution in [0.15, 0.2) is 36.7 Å². The number of fused-ring (bicyclic) bond motifs is 2. The Morgan fingerprint density at radius 1 is 1.29 bits per heavy atom. The molecule has 0 radical (unpaired) electrons. The Kier molecular flexibility index (Phi) is 5.63. The van der Waals surface area contributed by atoms with E-state index in [-0.39, 0.29) is 17.0 Å². The minimum atomic E-state index is -2.78. The number of carbonyl (C=O) groups is 1. The quantitative estimate of drug-likeness (QED) is 0.557. The van der Waals surface area contributed by atoms with Gasteiger partial charge in [0, 0.05) is 23.7 Å². The Labute approximate surface area is 197 Å². The number of carbonyl (C=O) groups excluding carboxylic acids is 1. The summed E-state index contributed by atoms with van der Waals surface area (Å²) in [6.07, 6.45) is 5.04. The predicted molar refractivity (Wildman–Crippen MR) is 130 cm³/mol. The van der Waals surface area contributed by atoms with Gasteiger partial charge in [-0.3, -0.25) is 9.52 Å². The van der Waals surface area contributed by atoms with Crippen LogP contribution in [-0.2, 0) is 9.71 Å². The molecular weight excluding hydrogens is 459 g/mol. The maximum atomic E-state index is 14.7. The van der Waals surface area contributed by atoms with Gasteiger partial charge in [-0.25, -0.2) is 13.1 Å². The zero-order valence-corrected chi connectivity index (χ0v) is 19.9. The molecule has 1 amide bonds. The van der Waals surface area contributed by atoms with Crippen LogP contribution < -0.4 is 19.1 Å². The average molecular weight is 487 g/mol. The summed E-state index contributed by atoms with van der Waals surface area (Å²) in [4.78, 5) is 15.1. The average Bonchev–Trinajstić information content (AvgIpc) is 3.45. The topological polar surface area (TPSA) is 85.2 Å². The van der Waals surface area contributed by atoms with Crippen molar-refractivity contribution in [3.8, 4) is 11.5 Å². The lowest BCUT2D eigenvalue weighted by atomic mass is 10.0. The van der Waals surface area contributed by atoms with Gasteiger partial charge in [-0.05, 0) is 62.4 Å². The Balaban J connectivity index is 1.48. The van der Waals surface area contributed by atoms with Gasteiger partial charge in [-0.1, -0.05) is 0 Å². The second kappa shape index (κ2) is 8.50. The molecule has 180 valence electrons. The van der Waals surface area contributed by atoms with Crippen molar-refractivity contribution in [2.45, 2.75) is 38.0 Å². The van der Waals surface area contributed by atoms with Crippen molar-refractivity contribution >= 4 is 32.7 Å². The number of hydrogen-bond donors (Lipinski definition) is 1. The molecule has 3 aromatic rings. The second-order valence-corrected chi connectivity index (χ2v) is 11.5. The van der Waals surface area contributed by atoms with Gasteiger partial charge >= 0.3 is 0 Å². The fourth-order valence-corrected chi connectivity index (χ4v) is 5.06. The molecule has 8 nitrogen and oxygen atoms in total. The number of pyridine rings is 1. The largest absolute Gasteiger partial charge is 0.486 e. The third kappa shape index (κ3) is 3.96. The van der Waals surface area contributed by atoms with Crippen LogP contribution in [0, 0.1) is 5.82 Å². The highest BCUT2D eigenvalue weighted by molar-refractivity contribution is 7.99. The third-order valence-corrected chi connectivity index (χ3v) is 8.42. The highest BCUT2D eigenvalue weighted by atomic mass is 32.2. The molecule has 1 N–H and O–H groups in total. The number of hydrogen-bond acceptors (Lipinski definition) is 6. The SMILES string of the molecule is C=S(=O)(NC(=O)c1cnn2ccc(N3CCCC3c3cc(F)c4c(c3)OCCO4)cc12)C(C)C. The summed E-state index contributed by atoms with van der Waals surface area (Å²) >= 11 is 0. The molecule has 0 spiro atoms. The van der Waals surface area contributed by atoms with Gasteiger partial charge in [0.1, 0.15) is 13.2 Å². The van der Waals surface area contributed by atoms with Gasteiger partial charge in [0.05, 0.1) is 33.0 Å². The molecule has 34 heavy (non-hydrogen) atoms. The summed E-state index contributed by atoms with van der Waals surface area (Å²) in [5.74, 6) is 3.36. The van der Waals surface area contributed by atoms with Crippen molar-refractivity contribution in [2.75, 3.05) is 24.7 Å². The van der Waals surface area contributed by atoms with Gasteiger partial charge < -0.3 is 14.4 Å². The van der Waals surface area contributed by atoms with Crippen LogP contribution in [0.2, 0.25) is 0 Å². The summed E-state index contributed by atoms with van der Waals surface area (Å²) in [6.45, 7) is 5.01. The first-order valence-electron chi connectivity index (χ1n) is 11.3. The van der Waals surface area contributed by atoms with E-state index in [1.807, 2.05) is 18.2 Å². The summed E-state index contributed by atoms with van der Waals surface area (Å²) in [6, 6.07) is 7.13. The molecule has 0 bridgehead atoms.